The molecule has 0 fully saturated rings. The predicted molar refractivity (Wildman–Crippen MR) is 99.6 cm³/mol. The van der Waals surface area contributed by atoms with Crippen LogP contribution in [0.4, 0.5) is 0 Å². The average Bonchev–Trinajstić information content (AvgIpc) is 3.30. The van der Waals surface area contributed by atoms with E-state index in [2.05, 4.69) is 15.5 Å². The lowest BCUT2D eigenvalue weighted by Gasteiger charge is -2.06. The lowest BCUT2D eigenvalue weighted by molar-refractivity contribution is -0.118. The molecule has 0 bridgehead atoms. The number of carbonyl (C=O) groups is 1. The fraction of sp³-hybridized carbons (Fsp3) is 0.235. The van der Waals surface area contributed by atoms with Gasteiger partial charge in [-0.1, -0.05) is 30.0 Å². The Morgan fingerprint density at radius 1 is 1.19 bits per heavy atom. The fourth-order valence-corrected chi connectivity index (χ4v) is 4.35. The van der Waals surface area contributed by atoms with Gasteiger partial charge >= 0.3 is 0 Å². The normalized spacial score (nSPS) is 11.4. The Labute approximate surface area is 160 Å². The van der Waals surface area contributed by atoms with E-state index in [1.165, 1.54) is 11.8 Å². The van der Waals surface area contributed by atoms with Crippen LogP contribution in [0.2, 0.25) is 0 Å². The van der Waals surface area contributed by atoms with Gasteiger partial charge in [0.15, 0.2) is 15.0 Å². The summed E-state index contributed by atoms with van der Waals surface area (Å²) in [5.74, 6) is 0.680. The van der Waals surface area contributed by atoms with Crippen molar-refractivity contribution in [3.63, 3.8) is 0 Å². The van der Waals surface area contributed by atoms with Crippen molar-refractivity contribution in [1.29, 1.82) is 0 Å². The smallest absolute Gasteiger partial charge is 0.230 e. The number of nitrogens with zero attached hydrogens (tertiary/aromatic N) is 3. The van der Waals surface area contributed by atoms with Crippen molar-refractivity contribution in [3.05, 3.63) is 60.3 Å². The number of amides is 1. The summed E-state index contributed by atoms with van der Waals surface area (Å²) in [6.45, 7) is 0.311. The van der Waals surface area contributed by atoms with E-state index in [1.807, 2.05) is 0 Å². The molecule has 0 saturated heterocycles. The maximum atomic E-state index is 12.5. The van der Waals surface area contributed by atoms with Gasteiger partial charge in [-0.3, -0.25) is 4.79 Å². The van der Waals surface area contributed by atoms with Crippen LogP contribution in [-0.2, 0) is 34.0 Å². The van der Waals surface area contributed by atoms with Crippen LogP contribution in [0.15, 0.2) is 63.2 Å². The van der Waals surface area contributed by atoms with Crippen LogP contribution < -0.4 is 5.32 Å². The Balaban J connectivity index is 1.58. The fourth-order valence-electron chi connectivity index (χ4n) is 2.26. The third-order valence-corrected chi connectivity index (χ3v) is 6.37. The standard InChI is InChI=1S/C17H18N4O4S2/c1-21-15(12-27(23,24)14-7-3-2-4-8-14)19-20-17(21)26-11-16(22)18-10-13-6-5-9-25-13/h2-9H,10-12H2,1H3,(H,18,22). The zero-order chi connectivity index (χ0) is 19.3. The second-order valence-electron chi connectivity index (χ2n) is 5.67. The molecular weight excluding hydrogens is 388 g/mol. The highest BCUT2D eigenvalue weighted by atomic mass is 32.2. The van der Waals surface area contributed by atoms with Crippen molar-refractivity contribution >= 4 is 27.5 Å². The number of thioether (sulfide) groups is 1. The highest BCUT2D eigenvalue weighted by molar-refractivity contribution is 7.99. The monoisotopic (exact) mass is 406 g/mol. The van der Waals surface area contributed by atoms with Crippen LogP contribution in [0.5, 0.6) is 0 Å². The van der Waals surface area contributed by atoms with E-state index >= 15 is 0 Å². The molecule has 142 valence electrons. The van der Waals surface area contributed by atoms with Crippen LogP contribution in [0, 0.1) is 0 Å². The summed E-state index contributed by atoms with van der Waals surface area (Å²) < 4.78 is 31.7. The maximum Gasteiger partial charge on any atom is 0.230 e. The maximum absolute atomic E-state index is 12.5. The number of rotatable bonds is 8. The summed E-state index contributed by atoms with van der Waals surface area (Å²) in [6, 6.07) is 11.7. The Hall–Kier alpha value is -2.59. The number of aromatic nitrogens is 3. The molecule has 3 rings (SSSR count). The number of hydrogen-bond donors (Lipinski definition) is 1. The van der Waals surface area contributed by atoms with Crippen molar-refractivity contribution in [2.45, 2.75) is 22.3 Å². The highest BCUT2D eigenvalue weighted by Crippen LogP contribution is 2.19. The molecule has 0 aliphatic rings. The molecule has 27 heavy (non-hydrogen) atoms. The summed E-state index contributed by atoms with van der Waals surface area (Å²) in [4.78, 5) is 12.2. The van der Waals surface area contributed by atoms with Gasteiger partial charge in [0.1, 0.15) is 17.3 Å². The van der Waals surface area contributed by atoms with Gasteiger partial charge in [0, 0.05) is 7.05 Å². The number of sulfone groups is 1. The summed E-state index contributed by atoms with van der Waals surface area (Å²) in [5.41, 5.74) is 0. The van der Waals surface area contributed by atoms with Gasteiger partial charge in [-0.15, -0.1) is 10.2 Å². The topological polar surface area (TPSA) is 107 Å². The van der Waals surface area contributed by atoms with Crippen molar-refractivity contribution in [2.24, 2.45) is 7.05 Å². The second kappa shape index (κ2) is 8.40. The Morgan fingerprint density at radius 3 is 2.67 bits per heavy atom. The van der Waals surface area contributed by atoms with Crippen molar-refractivity contribution in [2.75, 3.05) is 5.75 Å². The van der Waals surface area contributed by atoms with Gasteiger partial charge in [0.05, 0.1) is 23.5 Å². The first kappa shape index (κ1) is 19.2. The molecule has 3 aromatic rings. The minimum absolute atomic E-state index is 0.137. The molecule has 1 amide bonds. The molecule has 1 N–H and O–H groups in total. The molecule has 0 aliphatic carbocycles. The van der Waals surface area contributed by atoms with Crippen LogP contribution >= 0.6 is 11.8 Å². The zero-order valence-electron chi connectivity index (χ0n) is 14.5. The van der Waals surface area contributed by atoms with E-state index in [0.717, 1.165) is 0 Å². The van der Waals surface area contributed by atoms with Crippen LogP contribution in [-0.4, -0.2) is 34.8 Å². The first-order valence-corrected chi connectivity index (χ1v) is 10.7. The van der Waals surface area contributed by atoms with Gasteiger partial charge in [0.25, 0.3) is 0 Å². The third-order valence-electron chi connectivity index (χ3n) is 3.72. The van der Waals surface area contributed by atoms with Crippen molar-refractivity contribution < 1.29 is 17.6 Å². The van der Waals surface area contributed by atoms with E-state index in [9.17, 15) is 13.2 Å². The molecule has 0 radical (unpaired) electrons. The SMILES string of the molecule is Cn1c(CS(=O)(=O)c2ccccc2)nnc1SCC(=O)NCc1ccco1. The van der Waals surface area contributed by atoms with E-state index in [0.29, 0.717) is 23.3 Å². The van der Waals surface area contributed by atoms with Crippen molar-refractivity contribution in [1.82, 2.24) is 20.1 Å². The Kier molecular flexibility index (Phi) is 5.97. The number of carbonyl (C=O) groups excluding carboxylic acids is 1. The molecule has 8 nitrogen and oxygen atoms in total. The molecule has 0 spiro atoms. The molecule has 0 saturated carbocycles. The quantitative estimate of drug-likeness (QED) is 0.568. The molecule has 1 aromatic carbocycles. The van der Waals surface area contributed by atoms with E-state index in [4.69, 9.17) is 4.42 Å². The summed E-state index contributed by atoms with van der Waals surface area (Å²) in [6.07, 6.45) is 1.54. The van der Waals surface area contributed by atoms with E-state index in [-0.39, 0.29) is 22.3 Å². The number of nitrogens with one attached hydrogen (secondary N) is 1. The summed E-state index contributed by atoms with van der Waals surface area (Å²) >= 11 is 1.19. The van der Waals surface area contributed by atoms with Gasteiger partial charge < -0.3 is 14.3 Å². The lowest BCUT2D eigenvalue weighted by atomic mass is 10.4. The van der Waals surface area contributed by atoms with Gasteiger partial charge in [-0.25, -0.2) is 8.42 Å². The van der Waals surface area contributed by atoms with Crippen LogP contribution in [0.3, 0.4) is 0 Å². The molecule has 2 heterocycles. The first-order valence-electron chi connectivity index (χ1n) is 8.03. The molecule has 2 aromatic heterocycles. The molecule has 0 atom stereocenters. The van der Waals surface area contributed by atoms with Gasteiger partial charge in [-0.05, 0) is 24.3 Å². The molecule has 0 unspecified atom stereocenters. The summed E-state index contributed by atoms with van der Waals surface area (Å²) in [7, 11) is -1.83. The molecule has 10 heteroatoms. The van der Waals surface area contributed by atoms with E-state index in [1.54, 1.807) is 60.3 Å². The summed E-state index contributed by atoms with van der Waals surface area (Å²) in [5, 5.41) is 11.2. The van der Waals surface area contributed by atoms with Gasteiger partial charge in [-0.2, -0.15) is 0 Å². The number of furan rings is 1. The number of hydrogen-bond acceptors (Lipinski definition) is 7. The van der Waals surface area contributed by atoms with Gasteiger partial charge in [0.2, 0.25) is 5.91 Å². The molecule has 0 aliphatic heterocycles. The second-order valence-corrected chi connectivity index (χ2v) is 8.61. The Bertz CT molecular complexity index is 999. The lowest BCUT2D eigenvalue weighted by Crippen LogP contribution is -2.24. The molecular formula is C17H18N4O4S2. The third kappa shape index (κ3) is 4.98. The number of benzene rings is 1. The largest absolute Gasteiger partial charge is 0.467 e. The Morgan fingerprint density at radius 2 is 1.96 bits per heavy atom. The first-order chi connectivity index (χ1) is 13.0. The highest BCUT2D eigenvalue weighted by Gasteiger charge is 2.20. The van der Waals surface area contributed by atoms with Crippen LogP contribution in [0.25, 0.3) is 0 Å². The van der Waals surface area contributed by atoms with Crippen LogP contribution in [0.1, 0.15) is 11.6 Å². The van der Waals surface area contributed by atoms with E-state index < -0.39 is 9.84 Å². The predicted octanol–water partition coefficient (Wildman–Crippen LogP) is 1.79. The minimum Gasteiger partial charge on any atom is -0.467 e. The van der Waals surface area contributed by atoms with Crippen molar-refractivity contribution in [3.8, 4) is 0 Å². The minimum atomic E-state index is -3.51. The average molecular weight is 406 g/mol. The zero-order valence-corrected chi connectivity index (χ0v) is 16.2.